The Balaban J connectivity index is 2.77. The van der Waals surface area contributed by atoms with Gasteiger partial charge in [-0.3, -0.25) is 19.7 Å². The van der Waals surface area contributed by atoms with Gasteiger partial charge in [-0.15, -0.1) is 0 Å². The van der Waals surface area contributed by atoms with Crippen molar-refractivity contribution in [3.05, 3.63) is 39.9 Å². The van der Waals surface area contributed by atoms with E-state index in [9.17, 15) is 19.7 Å². The second-order valence-corrected chi connectivity index (χ2v) is 3.38. The number of Topliss-reactive ketones (excluding diaryl/α,β-unsaturated/α-hetero) is 1. The lowest BCUT2D eigenvalue weighted by molar-refractivity contribution is -0.384. The molecule has 0 radical (unpaired) electrons. The average molecular weight is 238 g/mol. The molecule has 0 heterocycles. The van der Waals surface area contributed by atoms with Gasteiger partial charge < -0.3 is 10.8 Å². The van der Waals surface area contributed by atoms with Crippen molar-refractivity contribution >= 4 is 17.4 Å². The van der Waals surface area contributed by atoms with Gasteiger partial charge in [-0.1, -0.05) is 0 Å². The number of aliphatic carboxylic acids is 1. The number of carbonyl (C=O) groups excluding carboxylic acids is 1. The maximum absolute atomic E-state index is 11.5. The zero-order chi connectivity index (χ0) is 13.0. The second-order valence-electron chi connectivity index (χ2n) is 3.38. The lowest BCUT2D eigenvalue weighted by Crippen LogP contribution is -2.32. The minimum Gasteiger partial charge on any atom is -0.480 e. The molecule has 0 unspecified atom stereocenters. The predicted molar refractivity (Wildman–Crippen MR) is 57.7 cm³/mol. The molecule has 0 aliphatic heterocycles. The van der Waals surface area contributed by atoms with Crippen LogP contribution in [0.25, 0.3) is 0 Å². The number of ketones is 1. The van der Waals surface area contributed by atoms with Crippen LogP contribution in [-0.4, -0.2) is 27.8 Å². The van der Waals surface area contributed by atoms with Gasteiger partial charge in [0, 0.05) is 24.1 Å². The highest BCUT2D eigenvalue weighted by molar-refractivity contribution is 5.98. The molecule has 0 saturated carbocycles. The Labute approximate surface area is 96.0 Å². The second kappa shape index (κ2) is 5.17. The summed E-state index contributed by atoms with van der Waals surface area (Å²) in [5.74, 6) is -1.73. The average Bonchev–Trinajstić information content (AvgIpc) is 2.28. The molecule has 0 aliphatic carbocycles. The van der Waals surface area contributed by atoms with E-state index in [4.69, 9.17) is 10.8 Å². The summed E-state index contributed by atoms with van der Waals surface area (Å²) >= 11 is 0. The van der Waals surface area contributed by atoms with Crippen molar-refractivity contribution < 1.29 is 19.6 Å². The van der Waals surface area contributed by atoms with Crippen molar-refractivity contribution in [2.45, 2.75) is 12.5 Å². The molecule has 1 aromatic carbocycles. The number of hydrogen-bond donors (Lipinski definition) is 2. The number of carbonyl (C=O) groups is 2. The normalized spacial score (nSPS) is 11.8. The number of benzene rings is 1. The number of nitro groups is 1. The summed E-state index contributed by atoms with van der Waals surface area (Å²) in [6.45, 7) is 0. The zero-order valence-electron chi connectivity index (χ0n) is 8.70. The van der Waals surface area contributed by atoms with Gasteiger partial charge in [0.05, 0.1) is 4.92 Å². The number of nitro benzene ring substituents is 1. The van der Waals surface area contributed by atoms with Crippen LogP contribution in [0.15, 0.2) is 24.3 Å². The van der Waals surface area contributed by atoms with E-state index < -0.39 is 22.7 Å². The number of hydrogen-bond acceptors (Lipinski definition) is 5. The third-order valence-electron chi connectivity index (χ3n) is 2.12. The minimum atomic E-state index is -1.27. The maximum atomic E-state index is 11.5. The molecule has 0 fully saturated rings. The third-order valence-corrected chi connectivity index (χ3v) is 2.12. The van der Waals surface area contributed by atoms with Crippen LogP contribution in [-0.2, 0) is 4.79 Å². The summed E-state index contributed by atoms with van der Waals surface area (Å²) in [7, 11) is 0. The predicted octanol–water partition coefficient (Wildman–Crippen LogP) is 0.580. The van der Waals surface area contributed by atoms with Gasteiger partial charge >= 0.3 is 5.97 Å². The van der Waals surface area contributed by atoms with E-state index in [0.717, 1.165) is 0 Å². The summed E-state index contributed by atoms with van der Waals surface area (Å²) in [5, 5.41) is 18.9. The van der Waals surface area contributed by atoms with E-state index in [0.29, 0.717) is 0 Å². The number of carboxylic acids is 1. The van der Waals surface area contributed by atoms with Crippen LogP contribution in [0.3, 0.4) is 0 Å². The van der Waals surface area contributed by atoms with Crippen molar-refractivity contribution in [1.29, 1.82) is 0 Å². The SMILES string of the molecule is N[C@H](CC(=O)c1ccc([N+](=O)[O-])cc1)C(=O)O. The number of nitrogens with zero attached hydrogens (tertiary/aromatic N) is 1. The van der Waals surface area contributed by atoms with E-state index in [1.165, 1.54) is 24.3 Å². The van der Waals surface area contributed by atoms with Gasteiger partial charge in [-0.2, -0.15) is 0 Å². The molecule has 3 N–H and O–H groups in total. The lowest BCUT2D eigenvalue weighted by atomic mass is 10.0. The van der Waals surface area contributed by atoms with Crippen LogP contribution in [0.5, 0.6) is 0 Å². The summed E-state index contributed by atoms with van der Waals surface area (Å²) in [5.41, 5.74) is 5.27. The van der Waals surface area contributed by atoms with E-state index in [-0.39, 0.29) is 17.7 Å². The zero-order valence-corrected chi connectivity index (χ0v) is 8.70. The van der Waals surface area contributed by atoms with Gasteiger partial charge in [0.15, 0.2) is 5.78 Å². The molecule has 0 saturated heterocycles. The van der Waals surface area contributed by atoms with Gasteiger partial charge in [-0.05, 0) is 12.1 Å². The maximum Gasteiger partial charge on any atom is 0.320 e. The molecule has 17 heavy (non-hydrogen) atoms. The highest BCUT2D eigenvalue weighted by Crippen LogP contribution is 2.13. The Bertz CT molecular complexity index is 454. The fourth-order valence-electron chi connectivity index (χ4n) is 1.17. The fourth-order valence-corrected chi connectivity index (χ4v) is 1.17. The van der Waals surface area contributed by atoms with Gasteiger partial charge in [0.1, 0.15) is 6.04 Å². The Morgan fingerprint density at radius 1 is 1.35 bits per heavy atom. The van der Waals surface area contributed by atoms with Crippen molar-refractivity contribution in [1.82, 2.24) is 0 Å². The van der Waals surface area contributed by atoms with E-state index >= 15 is 0 Å². The molecule has 7 nitrogen and oxygen atoms in total. The molecule has 1 rings (SSSR count). The van der Waals surface area contributed by atoms with Gasteiger partial charge in [-0.25, -0.2) is 0 Å². The first-order valence-corrected chi connectivity index (χ1v) is 4.68. The topological polar surface area (TPSA) is 124 Å². The van der Waals surface area contributed by atoms with E-state index in [1.54, 1.807) is 0 Å². The number of nitrogens with two attached hydrogens (primary N) is 1. The first-order valence-electron chi connectivity index (χ1n) is 4.68. The van der Waals surface area contributed by atoms with Crippen molar-refractivity contribution in [2.75, 3.05) is 0 Å². The molecule has 7 heteroatoms. The van der Waals surface area contributed by atoms with Crippen LogP contribution in [0.2, 0.25) is 0 Å². The van der Waals surface area contributed by atoms with Crippen LogP contribution in [0.4, 0.5) is 5.69 Å². The van der Waals surface area contributed by atoms with Crippen LogP contribution in [0, 0.1) is 10.1 Å². The minimum absolute atomic E-state index is 0.135. The fraction of sp³-hybridized carbons (Fsp3) is 0.200. The van der Waals surface area contributed by atoms with Crippen LogP contribution in [0.1, 0.15) is 16.8 Å². The standard InChI is InChI=1S/C10H10N2O5/c11-8(10(14)15)5-9(13)6-1-3-7(4-2-6)12(16)17/h1-4,8H,5,11H2,(H,14,15)/t8-/m1/s1. The van der Waals surface area contributed by atoms with Crippen LogP contribution >= 0.6 is 0 Å². The highest BCUT2D eigenvalue weighted by atomic mass is 16.6. The van der Waals surface area contributed by atoms with Crippen molar-refractivity contribution in [2.24, 2.45) is 5.73 Å². The molecule has 1 aromatic rings. The molecular weight excluding hydrogens is 228 g/mol. The largest absolute Gasteiger partial charge is 0.480 e. The number of carboxylic acid groups (broad SMARTS) is 1. The number of non-ortho nitro benzene ring substituents is 1. The first kappa shape index (κ1) is 12.8. The summed E-state index contributed by atoms with van der Waals surface area (Å²) < 4.78 is 0. The van der Waals surface area contributed by atoms with E-state index in [2.05, 4.69) is 0 Å². The molecule has 0 aliphatic rings. The quantitative estimate of drug-likeness (QED) is 0.439. The van der Waals surface area contributed by atoms with E-state index in [1.807, 2.05) is 0 Å². The molecule has 0 amide bonds. The molecule has 0 bridgehead atoms. The summed E-state index contributed by atoms with van der Waals surface area (Å²) in [6.07, 6.45) is -0.340. The van der Waals surface area contributed by atoms with Crippen LogP contribution < -0.4 is 5.73 Å². The first-order chi connectivity index (χ1) is 7.91. The van der Waals surface area contributed by atoms with Gasteiger partial charge in [0.2, 0.25) is 0 Å². The molecule has 1 atom stereocenters. The van der Waals surface area contributed by atoms with Crippen molar-refractivity contribution in [3.8, 4) is 0 Å². The Morgan fingerprint density at radius 2 is 1.88 bits per heavy atom. The summed E-state index contributed by atoms with van der Waals surface area (Å²) in [6, 6.07) is 3.64. The Morgan fingerprint density at radius 3 is 2.29 bits per heavy atom. The van der Waals surface area contributed by atoms with Crippen molar-refractivity contribution in [3.63, 3.8) is 0 Å². The monoisotopic (exact) mass is 238 g/mol. The highest BCUT2D eigenvalue weighted by Gasteiger charge is 2.18. The molecule has 90 valence electrons. The molecular formula is C10H10N2O5. The Hall–Kier alpha value is -2.28. The molecule has 0 aromatic heterocycles. The Kier molecular flexibility index (Phi) is 3.89. The lowest BCUT2D eigenvalue weighted by Gasteiger charge is -2.04. The number of rotatable bonds is 5. The van der Waals surface area contributed by atoms with Gasteiger partial charge in [0.25, 0.3) is 5.69 Å². The third kappa shape index (κ3) is 3.35. The molecule has 0 spiro atoms. The smallest absolute Gasteiger partial charge is 0.320 e. The summed E-state index contributed by atoms with van der Waals surface area (Å²) in [4.78, 5) is 31.8.